The number of halogens is 10. The lowest BCUT2D eigenvalue weighted by atomic mass is 10.00. The van der Waals surface area contributed by atoms with E-state index in [2.05, 4.69) is 0 Å². The number of benzene rings is 2. The molecular weight excluding hydrogens is 374 g/mol. The molecule has 0 amide bonds. The van der Waals surface area contributed by atoms with Crippen molar-refractivity contribution in [2.24, 2.45) is 0 Å². The van der Waals surface area contributed by atoms with Gasteiger partial charge in [-0.15, -0.1) is 0 Å². The lowest BCUT2D eigenvalue weighted by Crippen LogP contribution is -2.17. The third-order valence-electron chi connectivity index (χ3n) is 3.13. The maximum absolute atomic E-state index is 13.4. The van der Waals surface area contributed by atoms with Gasteiger partial charge in [0.15, 0.2) is 52.3 Å². The van der Waals surface area contributed by atoms with E-state index in [0.29, 0.717) is 0 Å². The van der Waals surface area contributed by atoms with E-state index < -0.39 is 81.5 Å². The molecule has 0 atom stereocenters. The second-order valence-electron chi connectivity index (χ2n) is 4.59. The van der Waals surface area contributed by atoms with Crippen LogP contribution in [0.1, 0.15) is 15.9 Å². The van der Waals surface area contributed by atoms with Gasteiger partial charge in [-0.3, -0.25) is 4.79 Å². The van der Waals surface area contributed by atoms with Gasteiger partial charge in [-0.25, -0.2) is 43.9 Å². The van der Waals surface area contributed by atoms with Crippen LogP contribution >= 0.6 is 0 Å². The highest BCUT2D eigenvalue weighted by Gasteiger charge is 2.32. The van der Waals surface area contributed by atoms with Crippen LogP contribution < -0.4 is 0 Å². The Morgan fingerprint density at radius 1 is 0.480 bits per heavy atom. The number of carbonyl (C=O) groups excluding carboxylic acids is 1. The molecule has 11 heteroatoms. The maximum Gasteiger partial charge on any atom is 0.200 e. The Hall–Kier alpha value is -2.59. The molecule has 2 aromatic rings. The molecule has 0 bridgehead atoms. The summed E-state index contributed by atoms with van der Waals surface area (Å²) < 4.78 is 132. The normalized spacial score (nSPS) is 11.1. The molecule has 0 fully saturated rings. The molecule has 2 aromatic carbocycles. The van der Waals surface area contributed by atoms with Gasteiger partial charge in [-0.05, 0) is 0 Å². The summed E-state index contributed by atoms with van der Waals surface area (Å²) in [6.07, 6.45) is -1.84. The van der Waals surface area contributed by atoms with Crippen LogP contribution in [0.2, 0.25) is 0 Å². The first-order valence-corrected chi connectivity index (χ1v) is 6.05. The number of ketones is 1. The predicted molar refractivity (Wildman–Crippen MR) is 60.5 cm³/mol. The minimum absolute atomic E-state index is 1.79. The van der Waals surface area contributed by atoms with Crippen molar-refractivity contribution in [2.45, 2.75) is 6.42 Å². The van der Waals surface area contributed by atoms with E-state index in [1.54, 1.807) is 0 Å². The molecule has 0 aliphatic rings. The zero-order valence-electron chi connectivity index (χ0n) is 11.4. The van der Waals surface area contributed by atoms with Gasteiger partial charge in [0, 0.05) is 12.0 Å². The third-order valence-corrected chi connectivity index (χ3v) is 3.13. The molecule has 0 aliphatic carbocycles. The van der Waals surface area contributed by atoms with Crippen LogP contribution in [-0.4, -0.2) is 5.78 Å². The first-order chi connectivity index (χ1) is 11.5. The van der Waals surface area contributed by atoms with E-state index in [0.717, 1.165) is 0 Å². The van der Waals surface area contributed by atoms with E-state index in [-0.39, 0.29) is 0 Å². The monoisotopic (exact) mass is 376 g/mol. The van der Waals surface area contributed by atoms with Crippen molar-refractivity contribution < 1.29 is 48.7 Å². The van der Waals surface area contributed by atoms with Crippen molar-refractivity contribution in [1.82, 2.24) is 0 Å². The van der Waals surface area contributed by atoms with Crippen LogP contribution in [-0.2, 0) is 6.42 Å². The van der Waals surface area contributed by atoms with Gasteiger partial charge < -0.3 is 0 Å². The van der Waals surface area contributed by atoms with Crippen LogP contribution in [0, 0.1) is 58.2 Å². The molecule has 0 heterocycles. The highest BCUT2D eigenvalue weighted by atomic mass is 19.2. The Balaban J connectivity index is 2.61. The number of Topliss-reactive ketones (excluding diaryl/α,β-unsaturated/α-hetero) is 1. The summed E-state index contributed by atoms with van der Waals surface area (Å²) in [4.78, 5) is 11.7. The standard InChI is InChI=1S/C14H2F10O/c15-5-2(6(16)10(20)13(23)9(5)19)1-3(25)4-7(17)11(21)14(24)12(22)8(4)18/h1H2. The van der Waals surface area contributed by atoms with Gasteiger partial charge in [0.1, 0.15) is 0 Å². The number of rotatable bonds is 3. The molecular formula is C14H2F10O. The molecule has 0 N–H and O–H groups in total. The fraction of sp³-hybridized carbons (Fsp3) is 0.0714. The first-order valence-electron chi connectivity index (χ1n) is 6.05. The Morgan fingerprint density at radius 2 is 0.760 bits per heavy atom. The summed E-state index contributed by atoms with van der Waals surface area (Å²) in [6, 6.07) is 0. The minimum atomic E-state index is -2.60. The van der Waals surface area contributed by atoms with Gasteiger partial charge in [-0.1, -0.05) is 0 Å². The van der Waals surface area contributed by atoms with E-state index in [1.807, 2.05) is 0 Å². The molecule has 0 spiro atoms. The molecule has 0 aromatic heterocycles. The van der Waals surface area contributed by atoms with E-state index in [1.165, 1.54) is 0 Å². The summed E-state index contributed by atoms with van der Waals surface area (Å²) in [5.74, 6) is -27.3. The van der Waals surface area contributed by atoms with Crippen molar-refractivity contribution in [3.05, 3.63) is 69.3 Å². The number of hydrogen-bond acceptors (Lipinski definition) is 1. The molecule has 134 valence electrons. The van der Waals surface area contributed by atoms with Crippen molar-refractivity contribution in [1.29, 1.82) is 0 Å². The fourth-order valence-corrected chi connectivity index (χ4v) is 1.90. The molecule has 0 unspecified atom stereocenters. The lowest BCUT2D eigenvalue weighted by Gasteiger charge is -2.10. The second kappa shape index (κ2) is 6.37. The zero-order valence-corrected chi connectivity index (χ0v) is 11.4. The summed E-state index contributed by atoms with van der Waals surface area (Å²) >= 11 is 0. The molecule has 1 nitrogen and oxygen atoms in total. The van der Waals surface area contributed by atoms with Gasteiger partial charge >= 0.3 is 0 Å². The first kappa shape index (κ1) is 18.7. The average Bonchev–Trinajstić information content (AvgIpc) is 2.58. The zero-order chi connectivity index (χ0) is 19.2. The van der Waals surface area contributed by atoms with Gasteiger partial charge in [0.05, 0.1) is 5.56 Å². The number of carbonyl (C=O) groups is 1. The lowest BCUT2D eigenvalue weighted by molar-refractivity contribution is 0.0978. The van der Waals surface area contributed by atoms with Crippen molar-refractivity contribution >= 4 is 5.78 Å². The van der Waals surface area contributed by atoms with E-state index in [4.69, 9.17) is 0 Å². The van der Waals surface area contributed by atoms with Crippen LogP contribution in [0.15, 0.2) is 0 Å². The van der Waals surface area contributed by atoms with Gasteiger partial charge in [-0.2, -0.15) is 0 Å². The Kier molecular flexibility index (Phi) is 4.78. The summed E-state index contributed by atoms with van der Waals surface area (Å²) in [6.45, 7) is 0. The van der Waals surface area contributed by atoms with Crippen LogP contribution in [0.5, 0.6) is 0 Å². The number of hydrogen-bond donors (Lipinski definition) is 0. The highest BCUT2D eigenvalue weighted by molar-refractivity contribution is 5.98. The largest absolute Gasteiger partial charge is 0.294 e. The van der Waals surface area contributed by atoms with Gasteiger partial charge in [0.2, 0.25) is 11.6 Å². The van der Waals surface area contributed by atoms with E-state index in [9.17, 15) is 48.7 Å². The molecule has 0 saturated heterocycles. The Bertz CT molecular complexity index is 847. The van der Waals surface area contributed by atoms with Gasteiger partial charge in [0.25, 0.3) is 0 Å². The summed E-state index contributed by atoms with van der Waals surface area (Å²) in [5.41, 5.74) is -3.86. The molecule has 0 saturated carbocycles. The SMILES string of the molecule is O=C(Cc1c(F)c(F)c(F)c(F)c1F)c1c(F)c(F)c(F)c(F)c1F. The minimum Gasteiger partial charge on any atom is -0.294 e. The fourth-order valence-electron chi connectivity index (χ4n) is 1.90. The van der Waals surface area contributed by atoms with Crippen molar-refractivity contribution in [3.63, 3.8) is 0 Å². The second-order valence-corrected chi connectivity index (χ2v) is 4.59. The maximum atomic E-state index is 13.4. The topological polar surface area (TPSA) is 17.1 Å². The van der Waals surface area contributed by atoms with Crippen LogP contribution in [0.4, 0.5) is 43.9 Å². The third kappa shape index (κ3) is 2.83. The summed E-state index contributed by atoms with van der Waals surface area (Å²) in [7, 11) is 0. The molecule has 2 rings (SSSR count). The van der Waals surface area contributed by atoms with Crippen molar-refractivity contribution in [2.75, 3.05) is 0 Å². The highest BCUT2D eigenvalue weighted by Crippen LogP contribution is 2.27. The molecule has 25 heavy (non-hydrogen) atoms. The van der Waals surface area contributed by atoms with Crippen LogP contribution in [0.3, 0.4) is 0 Å². The van der Waals surface area contributed by atoms with E-state index >= 15 is 0 Å². The molecule has 0 aliphatic heterocycles. The van der Waals surface area contributed by atoms with Crippen molar-refractivity contribution in [3.8, 4) is 0 Å². The van der Waals surface area contributed by atoms with Crippen LogP contribution in [0.25, 0.3) is 0 Å². The smallest absolute Gasteiger partial charge is 0.200 e. The molecule has 0 radical (unpaired) electrons. The quantitative estimate of drug-likeness (QED) is 0.334. The Morgan fingerprint density at radius 3 is 1.12 bits per heavy atom. The Labute approximate surface area is 131 Å². The summed E-state index contributed by atoms with van der Waals surface area (Å²) in [5, 5.41) is 0. The average molecular weight is 376 g/mol. The predicted octanol–water partition coefficient (Wildman–Crippen LogP) is 4.50.